The average molecular weight is 473 g/mol. The van der Waals surface area contributed by atoms with Crippen LogP contribution in [0.5, 0.6) is 5.75 Å². The summed E-state index contributed by atoms with van der Waals surface area (Å²) in [6.07, 6.45) is 5.89. The number of hydrogen-bond acceptors (Lipinski definition) is 8. The fourth-order valence-electron chi connectivity index (χ4n) is 4.59. The second-order valence-electron chi connectivity index (χ2n) is 9.22. The van der Waals surface area contributed by atoms with E-state index >= 15 is 0 Å². The van der Waals surface area contributed by atoms with Gasteiger partial charge in [-0.2, -0.15) is 4.98 Å². The van der Waals surface area contributed by atoms with Crippen LogP contribution >= 0.6 is 0 Å². The van der Waals surface area contributed by atoms with Crippen LogP contribution in [0.2, 0.25) is 0 Å². The fraction of sp³-hybridized carbons (Fsp3) is 0.640. The van der Waals surface area contributed by atoms with Gasteiger partial charge in [-0.1, -0.05) is 0 Å². The van der Waals surface area contributed by atoms with Gasteiger partial charge in [0.05, 0.1) is 19.1 Å². The number of ether oxygens (including phenoxy) is 2. The summed E-state index contributed by atoms with van der Waals surface area (Å²) in [5, 5.41) is 15.8. The Morgan fingerprint density at radius 1 is 1.26 bits per heavy atom. The molecule has 1 atom stereocenters. The van der Waals surface area contributed by atoms with E-state index in [0.29, 0.717) is 49.5 Å². The SMILES string of the molecule is Cc1cc(OCCCC2CCN(c3noc(C4CCOC4)n3)CC2)ccc1C(=O)NCCCO. The molecule has 1 aromatic heterocycles. The minimum Gasteiger partial charge on any atom is -0.494 e. The van der Waals surface area contributed by atoms with Crippen LogP contribution in [0.15, 0.2) is 22.7 Å². The molecule has 186 valence electrons. The number of rotatable bonds is 11. The Morgan fingerprint density at radius 2 is 2.12 bits per heavy atom. The molecule has 9 heteroatoms. The summed E-state index contributed by atoms with van der Waals surface area (Å²) >= 11 is 0. The predicted octanol–water partition coefficient (Wildman–Crippen LogP) is 3.07. The van der Waals surface area contributed by atoms with Crippen LogP contribution in [0.4, 0.5) is 5.95 Å². The Labute approximate surface area is 200 Å². The molecule has 0 saturated carbocycles. The molecule has 1 unspecified atom stereocenters. The summed E-state index contributed by atoms with van der Waals surface area (Å²) in [7, 11) is 0. The highest BCUT2D eigenvalue weighted by Gasteiger charge is 2.27. The molecule has 0 aliphatic carbocycles. The lowest BCUT2D eigenvalue weighted by atomic mass is 9.92. The number of amides is 1. The Hall–Kier alpha value is -2.65. The third-order valence-electron chi connectivity index (χ3n) is 6.70. The second kappa shape index (κ2) is 12.2. The molecule has 1 amide bonds. The van der Waals surface area contributed by atoms with Gasteiger partial charge in [-0.3, -0.25) is 4.79 Å². The molecule has 2 fully saturated rings. The molecule has 2 saturated heterocycles. The molecule has 2 N–H and O–H groups in total. The van der Waals surface area contributed by atoms with Gasteiger partial charge < -0.3 is 29.3 Å². The van der Waals surface area contributed by atoms with E-state index in [-0.39, 0.29) is 18.4 Å². The Bertz CT molecular complexity index is 920. The van der Waals surface area contributed by atoms with Crippen molar-refractivity contribution >= 4 is 11.9 Å². The minimum atomic E-state index is -0.117. The van der Waals surface area contributed by atoms with Gasteiger partial charge in [0.2, 0.25) is 5.89 Å². The quantitative estimate of drug-likeness (QED) is 0.480. The van der Waals surface area contributed by atoms with Gasteiger partial charge in [-0.25, -0.2) is 0 Å². The zero-order valence-electron chi connectivity index (χ0n) is 20.0. The van der Waals surface area contributed by atoms with Crippen LogP contribution in [0.25, 0.3) is 0 Å². The molecule has 2 aliphatic rings. The number of piperidine rings is 1. The number of hydrogen-bond donors (Lipinski definition) is 2. The summed E-state index contributed by atoms with van der Waals surface area (Å²) in [5.41, 5.74) is 1.53. The van der Waals surface area contributed by atoms with E-state index in [1.54, 1.807) is 6.07 Å². The van der Waals surface area contributed by atoms with Gasteiger partial charge in [0.15, 0.2) is 0 Å². The molecule has 34 heavy (non-hydrogen) atoms. The van der Waals surface area contributed by atoms with E-state index in [1.807, 2.05) is 19.1 Å². The van der Waals surface area contributed by atoms with Crippen molar-refractivity contribution in [2.75, 3.05) is 51.0 Å². The molecule has 0 bridgehead atoms. The first kappa shape index (κ1) is 24.5. The van der Waals surface area contributed by atoms with Gasteiger partial charge in [-0.05, 0) is 80.3 Å². The molecule has 0 spiro atoms. The molecular weight excluding hydrogens is 436 g/mol. The van der Waals surface area contributed by atoms with E-state index in [0.717, 1.165) is 63.1 Å². The van der Waals surface area contributed by atoms with Gasteiger partial charge >= 0.3 is 0 Å². The first-order chi connectivity index (χ1) is 16.6. The van der Waals surface area contributed by atoms with Crippen molar-refractivity contribution in [3.05, 3.63) is 35.2 Å². The number of aryl methyl sites for hydroxylation is 1. The normalized spacial score (nSPS) is 18.9. The standard InChI is InChI=1S/C25H36N4O5/c1-18-16-21(5-6-22(18)23(31)26-10-3-13-30)33-14-2-4-19-7-11-29(12-8-19)25-27-24(34-28-25)20-9-15-32-17-20/h5-6,16,19-20,30H,2-4,7-15,17H2,1H3,(H,26,31). The number of nitrogens with one attached hydrogen (secondary N) is 1. The van der Waals surface area contributed by atoms with Crippen molar-refractivity contribution in [3.8, 4) is 5.75 Å². The van der Waals surface area contributed by atoms with Gasteiger partial charge in [0.25, 0.3) is 11.9 Å². The van der Waals surface area contributed by atoms with Crippen molar-refractivity contribution in [3.63, 3.8) is 0 Å². The highest BCUT2D eigenvalue weighted by molar-refractivity contribution is 5.95. The topological polar surface area (TPSA) is 110 Å². The molecule has 4 rings (SSSR count). The summed E-state index contributed by atoms with van der Waals surface area (Å²) < 4.78 is 16.8. The number of carbonyl (C=O) groups excluding carboxylic acids is 1. The lowest BCUT2D eigenvalue weighted by Gasteiger charge is -2.30. The van der Waals surface area contributed by atoms with E-state index in [9.17, 15) is 4.79 Å². The molecule has 1 aromatic carbocycles. The number of aromatic nitrogens is 2. The largest absolute Gasteiger partial charge is 0.494 e. The predicted molar refractivity (Wildman–Crippen MR) is 127 cm³/mol. The highest BCUT2D eigenvalue weighted by atomic mass is 16.5. The summed E-state index contributed by atoms with van der Waals surface area (Å²) in [5.74, 6) is 3.02. The van der Waals surface area contributed by atoms with Gasteiger partial charge in [0.1, 0.15) is 5.75 Å². The van der Waals surface area contributed by atoms with Crippen LogP contribution in [-0.2, 0) is 4.74 Å². The fourth-order valence-corrected chi connectivity index (χ4v) is 4.59. The summed E-state index contributed by atoms with van der Waals surface area (Å²) in [6.45, 7) is 6.47. The number of aliphatic hydroxyl groups excluding tert-OH is 1. The van der Waals surface area contributed by atoms with Crippen molar-refractivity contribution in [1.82, 2.24) is 15.5 Å². The van der Waals surface area contributed by atoms with Crippen molar-refractivity contribution in [1.29, 1.82) is 0 Å². The van der Waals surface area contributed by atoms with E-state index < -0.39 is 0 Å². The Kier molecular flexibility index (Phi) is 8.76. The number of benzene rings is 1. The maximum Gasteiger partial charge on any atom is 0.266 e. The van der Waals surface area contributed by atoms with Crippen molar-refractivity contribution in [2.45, 2.75) is 51.4 Å². The van der Waals surface area contributed by atoms with E-state index in [4.69, 9.17) is 19.1 Å². The minimum absolute atomic E-state index is 0.0708. The van der Waals surface area contributed by atoms with Crippen LogP contribution in [-0.4, -0.2) is 67.2 Å². The molecular formula is C25H36N4O5. The number of anilines is 1. The lowest BCUT2D eigenvalue weighted by molar-refractivity contribution is 0.0950. The third-order valence-corrected chi connectivity index (χ3v) is 6.70. The summed E-state index contributed by atoms with van der Waals surface area (Å²) in [4.78, 5) is 19.0. The average Bonchev–Trinajstić information content (AvgIpc) is 3.55. The molecule has 2 aromatic rings. The lowest BCUT2D eigenvalue weighted by Crippen LogP contribution is -2.34. The first-order valence-corrected chi connectivity index (χ1v) is 12.4. The van der Waals surface area contributed by atoms with E-state index in [1.165, 1.54) is 0 Å². The highest BCUT2D eigenvalue weighted by Crippen LogP contribution is 2.28. The van der Waals surface area contributed by atoms with Crippen LogP contribution in [0, 0.1) is 12.8 Å². The summed E-state index contributed by atoms with van der Waals surface area (Å²) in [6, 6.07) is 5.57. The molecule has 3 heterocycles. The smallest absolute Gasteiger partial charge is 0.266 e. The van der Waals surface area contributed by atoms with E-state index in [2.05, 4.69) is 20.4 Å². The monoisotopic (exact) mass is 472 g/mol. The second-order valence-corrected chi connectivity index (χ2v) is 9.22. The third kappa shape index (κ3) is 6.48. The number of aliphatic hydroxyl groups is 1. The maximum absolute atomic E-state index is 12.2. The Morgan fingerprint density at radius 3 is 2.85 bits per heavy atom. The Balaban J connectivity index is 1.14. The zero-order valence-corrected chi connectivity index (χ0v) is 20.0. The number of carbonyl (C=O) groups is 1. The van der Waals surface area contributed by atoms with Gasteiger partial charge in [0, 0.05) is 38.4 Å². The van der Waals surface area contributed by atoms with Gasteiger partial charge in [-0.15, -0.1) is 0 Å². The molecule has 9 nitrogen and oxygen atoms in total. The zero-order chi connectivity index (χ0) is 23.8. The molecule has 2 aliphatic heterocycles. The van der Waals surface area contributed by atoms with Crippen molar-refractivity contribution in [2.24, 2.45) is 5.92 Å². The van der Waals surface area contributed by atoms with Crippen LogP contribution in [0.1, 0.15) is 66.3 Å². The van der Waals surface area contributed by atoms with Crippen LogP contribution in [0.3, 0.4) is 0 Å². The number of nitrogens with zero attached hydrogens (tertiary/aromatic N) is 3. The van der Waals surface area contributed by atoms with Crippen LogP contribution < -0.4 is 15.0 Å². The van der Waals surface area contributed by atoms with Crippen molar-refractivity contribution < 1.29 is 23.9 Å². The first-order valence-electron chi connectivity index (χ1n) is 12.4. The maximum atomic E-state index is 12.2. The molecule has 0 radical (unpaired) electrons.